The van der Waals surface area contributed by atoms with Crippen LogP contribution in [0.1, 0.15) is 35.7 Å². The second kappa shape index (κ2) is 6.35. The number of amides is 1. The van der Waals surface area contributed by atoms with Crippen LogP contribution in [0.15, 0.2) is 18.2 Å². The van der Waals surface area contributed by atoms with Gasteiger partial charge < -0.3 is 10.2 Å². The molecule has 0 aromatic heterocycles. The van der Waals surface area contributed by atoms with Gasteiger partial charge in [0.2, 0.25) is 0 Å². The molecule has 2 atom stereocenters. The maximum atomic E-state index is 13.1. The highest BCUT2D eigenvalue weighted by molar-refractivity contribution is 5.95. The maximum absolute atomic E-state index is 13.1. The molecule has 3 nitrogen and oxygen atoms in total. The average molecular weight is 278 g/mol. The SMILES string of the molecule is CCC1CN(C(=O)c2ccc(F)cc2C)CCC1NC. The van der Waals surface area contributed by atoms with Crippen LogP contribution in [0, 0.1) is 18.7 Å². The van der Waals surface area contributed by atoms with Crippen molar-refractivity contribution < 1.29 is 9.18 Å². The van der Waals surface area contributed by atoms with E-state index in [1.165, 1.54) is 12.1 Å². The highest BCUT2D eigenvalue weighted by Gasteiger charge is 2.30. The van der Waals surface area contributed by atoms with Gasteiger partial charge in [-0.1, -0.05) is 13.3 Å². The molecule has 1 aliphatic rings. The number of piperidine rings is 1. The molecule has 0 spiro atoms. The number of carbonyl (C=O) groups excluding carboxylic acids is 1. The lowest BCUT2D eigenvalue weighted by molar-refractivity contribution is 0.0631. The standard InChI is InChI=1S/C16H23FN2O/c1-4-12-10-19(8-7-15(12)18-3)16(20)14-6-5-13(17)9-11(14)2/h5-6,9,12,15,18H,4,7-8,10H2,1-3H3. The molecule has 20 heavy (non-hydrogen) atoms. The van der Waals surface area contributed by atoms with Gasteiger partial charge in [0.1, 0.15) is 5.82 Å². The van der Waals surface area contributed by atoms with E-state index in [0.29, 0.717) is 23.1 Å². The van der Waals surface area contributed by atoms with Crippen LogP contribution >= 0.6 is 0 Å². The number of aryl methyl sites for hydroxylation is 1. The van der Waals surface area contributed by atoms with Gasteiger partial charge in [0.05, 0.1) is 0 Å². The number of benzene rings is 1. The molecular weight excluding hydrogens is 255 g/mol. The predicted octanol–water partition coefficient (Wildman–Crippen LogP) is 2.59. The minimum atomic E-state index is -0.292. The summed E-state index contributed by atoms with van der Waals surface area (Å²) in [5.41, 5.74) is 1.32. The topological polar surface area (TPSA) is 32.3 Å². The van der Waals surface area contributed by atoms with Crippen LogP contribution in [0.4, 0.5) is 4.39 Å². The molecule has 1 fully saturated rings. The molecule has 0 bridgehead atoms. The van der Waals surface area contributed by atoms with Crippen LogP contribution < -0.4 is 5.32 Å². The normalized spacial score (nSPS) is 22.9. The quantitative estimate of drug-likeness (QED) is 0.921. The number of halogens is 1. The lowest BCUT2D eigenvalue weighted by Gasteiger charge is -2.38. The zero-order valence-corrected chi connectivity index (χ0v) is 12.4. The van der Waals surface area contributed by atoms with E-state index in [-0.39, 0.29) is 11.7 Å². The molecule has 4 heteroatoms. The molecule has 1 N–H and O–H groups in total. The molecule has 2 unspecified atom stereocenters. The van der Waals surface area contributed by atoms with Crippen LogP contribution in [0.3, 0.4) is 0 Å². The van der Waals surface area contributed by atoms with Gasteiger partial charge in [-0.25, -0.2) is 4.39 Å². The van der Waals surface area contributed by atoms with Crippen molar-refractivity contribution in [3.8, 4) is 0 Å². The van der Waals surface area contributed by atoms with E-state index in [9.17, 15) is 9.18 Å². The molecule has 0 saturated carbocycles. The number of carbonyl (C=O) groups is 1. The van der Waals surface area contributed by atoms with Crippen LogP contribution in [-0.2, 0) is 0 Å². The molecular formula is C16H23FN2O. The fourth-order valence-electron chi connectivity index (χ4n) is 3.05. The van der Waals surface area contributed by atoms with Crippen molar-refractivity contribution in [1.82, 2.24) is 10.2 Å². The second-order valence-electron chi connectivity index (χ2n) is 5.56. The number of hydrogen-bond donors (Lipinski definition) is 1. The first-order valence-corrected chi connectivity index (χ1v) is 7.29. The predicted molar refractivity (Wildman–Crippen MR) is 78.3 cm³/mol. The Labute approximate surface area is 120 Å². The number of nitrogens with one attached hydrogen (secondary N) is 1. The van der Waals surface area contributed by atoms with Crippen molar-refractivity contribution in [2.24, 2.45) is 5.92 Å². The lowest BCUT2D eigenvalue weighted by atomic mass is 9.89. The van der Waals surface area contributed by atoms with Gasteiger partial charge in [0, 0.05) is 24.7 Å². The molecule has 110 valence electrons. The van der Waals surface area contributed by atoms with Crippen LogP contribution in [-0.4, -0.2) is 37.0 Å². The molecule has 0 radical (unpaired) electrons. The molecule has 1 aliphatic heterocycles. The molecule has 1 aromatic carbocycles. The first-order chi connectivity index (χ1) is 9.56. The van der Waals surface area contributed by atoms with E-state index in [1.54, 1.807) is 13.0 Å². The number of hydrogen-bond acceptors (Lipinski definition) is 2. The average Bonchev–Trinajstić information content (AvgIpc) is 2.45. The summed E-state index contributed by atoms with van der Waals surface area (Å²) in [6, 6.07) is 4.86. The lowest BCUT2D eigenvalue weighted by Crippen LogP contribution is -2.50. The Morgan fingerprint density at radius 1 is 1.50 bits per heavy atom. The van der Waals surface area contributed by atoms with Crippen LogP contribution in [0.2, 0.25) is 0 Å². The van der Waals surface area contributed by atoms with Gasteiger partial charge in [-0.05, 0) is 50.1 Å². The van der Waals surface area contributed by atoms with Crippen LogP contribution in [0.25, 0.3) is 0 Å². The number of likely N-dealkylation sites (tertiary alicyclic amines) is 1. The summed E-state index contributed by atoms with van der Waals surface area (Å²) < 4.78 is 13.1. The van der Waals surface area contributed by atoms with Gasteiger partial charge in [-0.3, -0.25) is 4.79 Å². The van der Waals surface area contributed by atoms with Crippen LogP contribution in [0.5, 0.6) is 0 Å². The van der Waals surface area contributed by atoms with Crippen molar-refractivity contribution in [2.45, 2.75) is 32.7 Å². The third-order valence-electron chi connectivity index (χ3n) is 4.34. The molecule has 1 heterocycles. The monoisotopic (exact) mass is 278 g/mol. The molecule has 1 saturated heterocycles. The highest BCUT2D eigenvalue weighted by atomic mass is 19.1. The third kappa shape index (κ3) is 3.01. The van der Waals surface area contributed by atoms with Gasteiger partial charge in [0.25, 0.3) is 5.91 Å². The summed E-state index contributed by atoms with van der Waals surface area (Å²) in [6.07, 6.45) is 2.03. The van der Waals surface area contributed by atoms with E-state index >= 15 is 0 Å². The van der Waals surface area contributed by atoms with Crippen molar-refractivity contribution in [2.75, 3.05) is 20.1 Å². The Bertz CT molecular complexity index is 489. The van der Waals surface area contributed by atoms with Gasteiger partial charge in [-0.15, -0.1) is 0 Å². The summed E-state index contributed by atoms with van der Waals surface area (Å²) in [5, 5.41) is 3.34. The summed E-state index contributed by atoms with van der Waals surface area (Å²) in [5.74, 6) is 0.216. The zero-order valence-electron chi connectivity index (χ0n) is 12.4. The summed E-state index contributed by atoms with van der Waals surface area (Å²) >= 11 is 0. The molecule has 2 rings (SSSR count). The Morgan fingerprint density at radius 2 is 2.25 bits per heavy atom. The van der Waals surface area contributed by atoms with E-state index < -0.39 is 0 Å². The van der Waals surface area contributed by atoms with Crippen molar-refractivity contribution in [1.29, 1.82) is 0 Å². The van der Waals surface area contributed by atoms with E-state index in [1.807, 2.05) is 11.9 Å². The Kier molecular flexibility index (Phi) is 4.76. The first-order valence-electron chi connectivity index (χ1n) is 7.29. The molecule has 1 amide bonds. The summed E-state index contributed by atoms with van der Waals surface area (Å²) in [4.78, 5) is 14.5. The Hall–Kier alpha value is -1.42. The molecule has 1 aromatic rings. The minimum Gasteiger partial charge on any atom is -0.338 e. The van der Waals surface area contributed by atoms with E-state index in [0.717, 1.165) is 25.9 Å². The van der Waals surface area contributed by atoms with Crippen molar-refractivity contribution in [3.05, 3.63) is 35.1 Å². The Morgan fingerprint density at radius 3 is 2.85 bits per heavy atom. The molecule has 0 aliphatic carbocycles. The Balaban J connectivity index is 2.13. The van der Waals surface area contributed by atoms with E-state index in [2.05, 4.69) is 12.2 Å². The third-order valence-corrected chi connectivity index (χ3v) is 4.34. The minimum absolute atomic E-state index is 0.0236. The largest absolute Gasteiger partial charge is 0.338 e. The van der Waals surface area contributed by atoms with Gasteiger partial charge in [-0.2, -0.15) is 0 Å². The fraction of sp³-hybridized carbons (Fsp3) is 0.562. The van der Waals surface area contributed by atoms with Crippen molar-refractivity contribution >= 4 is 5.91 Å². The highest BCUT2D eigenvalue weighted by Crippen LogP contribution is 2.22. The van der Waals surface area contributed by atoms with Gasteiger partial charge in [0.15, 0.2) is 0 Å². The number of rotatable bonds is 3. The maximum Gasteiger partial charge on any atom is 0.254 e. The second-order valence-corrected chi connectivity index (χ2v) is 5.56. The smallest absolute Gasteiger partial charge is 0.254 e. The van der Waals surface area contributed by atoms with E-state index in [4.69, 9.17) is 0 Å². The zero-order chi connectivity index (χ0) is 14.7. The van der Waals surface area contributed by atoms with Gasteiger partial charge >= 0.3 is 0 Å². The number of nitrogens with zero attached hydrogens (tertiary/aromatic N) is 1. The fourth-order valence-corrected chi connectivity index (χ4v) is 3.05. The summed E-state index contributed by atoms with van der Waals surface area (Å²) in [6.45, 7) is 5.48. The first kappa shape index (κ1) is 15.0. The summed E-state index contributed by atoms with van der Waals surface area (Å²) in [7, 11) is 1.98. The van der Waals surface area contributed by atoms with Crippen molar-refractivity contribution in [3.63, 3.8) is 0 Å².